The third-order valence-corrected chi connectivity index (χ3v) is 2.81. The average Bonchev–Trinajstić information content (AvgIpc) is 2.19. The van der Waals surface area contributed by atoms with Gasteiger partial charge in [0.25, 0.3) is 0 Å². The SMILES string of the molecule is Cc1nc(SCC(O)CO)ccc1N. The van der Waals surface area contributed by atoms with Crippen molar-refractivity contribution in [3.05, 3.63) is 17.8 Å². The number of aliphatic hydroxyl groups is 2. The van der Waals surface area contributed by atoms with Gasteiger partial charge < -0.3 is 15.9 Å². The lowest BCUT2D eigenvalue weighted by Gasteiger charge is -2.07. The van der Waals surface area contributed by atoms with Crippen LogP contribution in [0, 0.1) is 6.92 Å². The third-order valence-electron chi connectivity index (χ3n) is 1.74. The number of nitrogens with two attached hydrogens (primary N) is 1. The molecule has 4 N–H and O–H groups in total. The monoisotopic (exact) mass is 214 g/mol. The highest BCUT2D eigenvalue weighted by Gasteiger charge is 2.04. The molecule has 0 spiro atoms. The summed E-state index contributed by atoms with van der Waals surface area (Å²) >= 11 is 1.40. The molecule has 78 valence electrons. The van der Waals surface area contributed by atoms with E-state index in [1.165, 1.54) is 11.8 Å². The average molecular weight is 214 g/mol. The second-order valence-electron chi connectivity index (χ2n) is 2.97. The van der Waals surface area contributed by atoms with Crippen LogP contribution in [-0.2, 0) is 0 Å². The summed E-state index contributed by atoms with van der Waals surface area (Å²) < 4.78 is 0. The van der Waals surface area contributed by atoms with Crippen LogP contribution in [0.25, 0.3) is 0 Å². The minimum atomic E-state index is -0.695. The number of aliphatic hydroxyl groups excluding tert-OH is 2. The number of hydrogen-bond donors (Lipinski definition) is 3. The van der Waals surface area contributed by atoms with Crippen molar-refractivity contribution < 1.29 is 10.2 Å². The molecule has 0 aliphatic heterocycles. The molecule has 1 heterocycles. The second-order valence-corrected chi connectivity index (χ2v) is 4.01. The predicted octanol–water partition coefficient (Wildman–Crippen LogP) is 0.418. The zero-order valence-corrected chi connectivity index (χ0v) is 8.79. The van der Waals surface area contributed by atoms with E-state index < -0.39 is 6.10 Å². The molecular weight excluding hydrogens is 200 g/mol. The molecule has 0 aliphatic carbocycles. The fourth-order valence-electron chi connectivity index (χ4n) is 0.863. The van der Waals surface area contributed by atoms with E-state index in [0.29, 0.717) is 11.4 Å². The number of nitrogens with zero attached hydrogens (tertiary/aromatic N) is 1. The molecule has 0 aromatic carbocycles. The van der Waals surface area contributed by atoms with E-state index in [-0.39, 0.29) is 6.61 Å². The first-order chi connectivity index (χ1) is 6.63. The number of rotatable bonds is 4. The van der Waals surface area contributed by atoms with Crippen LogP contribution in [0.15, 0.2) is 17.2 Å². The minimum Gasteiger partial charge on any atom is -0.397 e. The Balaban J connectivity index is 2.55. The summed E-state index contributed by atoms with van der Waals surface area (Å²) in [6, 6.07) is 3.59. The van der Waals surface area contributed by atoms with Crippen molar-refractivity contribution in [2.75, 3.05) is 18.1 Å². The number of nitrogen functional groups attached to an aromatic ring is 1. The van der Waals surface area contributed by atoms with Crippen LogP contribution >= 0.6 is 11.8 Å². The van der Waals surface area contributed by atoms with Crippen molar-refractivity contribution in [3.8, 4) is 0 Å². The normalized spacial score (nSPS) is 12.8. The zero-order valence-electron chi connectivity index (χ0n) is 7.97. The van der Waals surface area contributed by atoms with Gasteiger partial charge in [0.15, 0.2) is 0 Å². The van der Waals surface area contributed by atoms with Gasteiger partial charge in [0.05, 0.1) is 29.1 Å². The maximum Gasteiger partial charge on any atom is 0.0965 e. The van der Waals surface area contributed by atoms with Crippen LogP contribution in [0.1, 0.15) is 5.69 Å². The summed E-state index contributed by atoms with van der Waals surface area (Å²) in [5.41, 5.74) is 7.06. The van der Waals surface area contributed by atoms with Gasteiger partial charge in [-0.2, -0.15) is 0 Å². The van der Waals surface area contributed by atoms with Gasteiger partial charge in [0.2, 0.25) is 0 Å². The van der Waals surface area contributed by atoms with Crippen molar-refractivity contribution in [1.82, 2.24) is 4.98 Å². The lowest BCUT2D eigenvalue weighted by Crippen LogP contribution is -2.14. The Morgan fingerprint density at radius 3 is 2.86 bits per heavy atom. The van der Waals surface area contributed by atoms with Gasteiger partial charge in [0, 0.05) is 5.75 Å². The Labute approximate surface area is 87.2 Å². The lowest BCUT2D eigenvalue weighted by atomic mass is 10.3. The molecule has 0 aliphatic rings. The summed E-state index contributed by atoms with van der Waals surface area (Å²) in [6.45, 7) is 1.61. The number of anilines is 1. The van der Waals surface area contributed by atoms with Crippen LogP contribution in [0.4, 0.5) is 5.69 Å². The first-order valence-corrected chi connectivity index (χ1v) is 5.27. The molecule has 1 rings (SSSR count). The van der Waals surface area contributed by atoms with Crippen LogP contribution in [0.5, 0.6) is 0 Å². The molecule has 5 heteroatoms. The van der Waals surface area contributed by atoms with E-state index >= 15 is 0 Å². The first-order valence-electron chi connectivity index (χ1n) is 4.28. The van der Waals surface area contributed by atoms with E-state index in [0.717, 1.165) is 10.7 Å². The topological polar surface area (TPSA) is 79.4 Å². The number of aromatic nitrogens is 1. The largest absolute Gasteiger partial charge is 0.397 e. The summed E-state index contributed by atoms with van der Waals surface area (Å²) in [6.07, 6.45) is -0.695. The van der Waals surface area contributed by atoms with Crippen molar-refractivity contribution in [2.45, 2.75) is 18.1 Å². The minimum absolute atomic E-state index is 0.221. The van der Waals surface area contributed by atoms with Crippen molar-refractivity contribution >= 4 is 17.4 Å². The molecule has 1 aromatic rings. The van der Waals surface area contributed by atoms with Crippen molar-refractivity contribution in [2.24, 2.45) is 0 Å². The van der Waals surface area contributed by atoms with Crippen LogP contribution < -0.4 is 5.73 Å². The Kier molecular flexibility index (Phi) is 4.19. The van der Waals surface area contributed by atoms with E-state index in [9.17, 15) is 0 Å². The fourth-order valence-corrected chi connectivity index (χ4v) is 1.70. The number of aryl methyl sites for hydroxylation is 1. The van der Waals surface area contributed by atoms with Gasteiger partial charge in [0.1, 0.15) is 0 Å². The molecule has 1 aromatic heterocycles. The molecular formula is C9H14N2O2S. The highest BCUT2D eigenvalue weighted by atomic mass is 32.2. The van der Waals surface area contributed by atoms with Crippen LogP contribution in [0.3, 0.4) is 0 Å². The zero-order chi connectivity index (χ0) is 10.6. The number of hydrogen-bond acceptors (Lipinski definition) is 5. The first kappa shape index (κ1) is 11.3. The van der Waals surface area contributed by atoms with Crippen LogP contribution in [0.2, 0.25) is 0 Å². The lowest BCUT2D eigenvalue weighted by molar-refractivity contribution is 0.113. The Hall–Kier alpha value is -0.780. The molecule has 0 saturated carbocycles. The second kappa shape index (κ2) is 5.19. The van der Waals surface area contributed by atoms with E-state index in [1.54, 1.807) is 12.1 Å². The van der Waals surface area contributed by atoms with E-state index in [1.807, 2.05) is 6.92 Å². The quantitative estimate of drug-likeness (QED) is 0.633. The third kappa shape index (κ3) is 3.17. The van der Waals surface area contributed by atoms with Crippen molar-refractivity contribution in [3.63, 3.8) is 0 Å². The summed E-state index contributed by atoms with van der Waals surface area (Å²) in [4.78, 5) is 4.22. The molecule has 14 heavy (non-hydrogen) atoms. The molecule has 0 saturated heterocycles. The van der Waals surface area contributed by atoms with Gasteiger partial charge in [-0.3, -0.25) is 0 Å². The van der Waals surface area contributed by atoms with Gasteiger partial charge in [-0.15, -0.1) is 11.8 Å². The Morgan fingerprint density at radius 1 is 1.57 bits per heavy atom. The van der Waals surface area contributed by atoms with Gasteiger partial charge in [-0.05, 0) is 19.1 Å². The summed E-state index contributed by atoms with van der Waals surface area (Å²) in [5, 5.41) is 18.5. The Bertz CT molecular complexity index is 307. The van der Waals surface area contributed by atoms with Crippen molar-refractivity contribution in [1.29, 1.82) is 0 Å². The molecule has 0 radical (unpaired) electrons. The molecule has 1 unspecified atom stereocenters. The van der Waals surface area contributed by atoms with E-state index in [2.05, 4.69) is 4.98 Å². The summed E-state index contributed by atoms with van der Waals surface area (Å²) in [5.74, 6) is 0.437. The molecule has 1 atom stereocenters. The maximum atomic E-state index is 9.12. The molecule has 0 amide bonds. The van der Waals surface area contributed by atoms with Gasteiger partial charge in [-0.25, -0.2) is 4.98 Å². The number of pyridine rings is 1. The highest BCUT2D eigenvalue weighted by molar-refractivity contribution is 7.99. The number of thioether (sulfide) groups is 1. The molecule has 4 nitrogen and oxygen atoms in total. The Morgan fingerprint density at radius 2 is 2.29 bits per heavy atom. The molecule has 0 bridgehead atoms. The fraction of sp³-hybridized carbons (Fsp3) is 0.444. The summed E-state index contributed by atoms with van der Waals surface area (Å²) in [7, 11) is 0. The standard InChI is InChI=1S/C9H14N2O2S/c1-6-8(10)2-3-9(11-6)14-5-7(13)4-12/h2-3,7,12-13H,4-5,10H2,1H3. The smallest absolute Gasteiger partial charge is 0.0965 e. The predicted molar refractivity (Wildman–Crippen MR) is 57.2 cm³/mol. The van der Waals surface area contributed by atoms with E-state index in [4.69, 9.17) is 15.9 Å². The van der Waals surface area contributed by atoms with Crippen LogP contribution in [-0.4, -0.2) is 33.7 Å². The van der Waals surface area contributed by atoms with Gasteiger partial charge >= 0.3 is 0 Å². The molecule has 0 fully saturated rings. The maximum absolute atomic E-state index is 9.12. The highest BCUT2D eigenvalue weighted by Crippen LogP contribution is 2.19. The van der Waals surface area contributed by atoms with Gasteiger partial charge in [-0.1, -0.05) is 0 Å².